The van der Waals surface area contributed by atoms with Crippen molar-refractivity contribution in [2.45, 2.75) is 13.8 Å². The van der Waals surface area contributed by atoms with E-state index in [2.05, 4.69) is 36.5 Å². The minimum atomic E-state index is -0.233. The summed E-state index contributed by atoms with van der Waals surface area (Å²) in [4.78, 5) is 20.4. The second kappa shape index (κ2) is 6.47. The number of amides is 1. The molecule has 2 aromatic heterocycles. The molecular formula is C14H15BrN4O. The average Bonchev–Trinajstić information content (AvgIpc) is 2.44. The highest BCUT2D eigenvalue weighted by Gasteiger charge is 2.12. The Hall–Kier alpha value is -1.95. The molecule has 2 aromatic rings. The summed E-state index contributed by atoms with van der Waals surface area (Å²) < 4.78 is 0.908. The molecule has 2 rings (SSSR count). The molecule has 0 aliphatic rings. The van der Waals surface area contributed by atoms with Gasteiger partial charge in [-0.25, -0.2) is 4.98 Å². The van der Waals surface area contributed by atoms with Crippen LogP contribution in [0.2, 0.25) is 0 Å². The van der Waals surface area contributed by atoms with Crippen LogP contribution in [0, 0.1) is 6.92 Å². The van der Waals surface area contributed by atoms with Gasteiger partial charge in [0.1, 0.15) is 5.82 Å². The van der Waals surface area contributed by atoms with Gasteiger partial charge in [-0.05, 0) is 47.5 Å². The van der Waals surface area contributed by atoms with Gasteiger partial charge >= 0.3 is 0 Å². The van der Waals surface area contributed by atoms with Crippen molar-refractivity contribution < 1.29 is 4.79 Å². The number of hydrogen-bond acceptors (Lipinski definition) is 4. The predicted molar refractivity (Wildman–Crippen MR) is 83.0 cm³/mol. The topological polar surface area (TPSA) is 66.9 Å². The van der Waals surface area contributed by atoms with E-state index in [0.29, 0.717) is 11.4 Å². The standard InChI is InChI=1S/C14H15BrN4O/c1-3-17-12-4-5-16-7-10(12)14(20)19-13-6-9(2)11(15)8-18-13/h4-8H,3H2,1-2H3,(H,16,17)(H,18,19,20). The van der Waals surface area contributed by atoms with E-state index >= 15 is 0 Å². The Kier molecular flexibility index (Phi) is 4.68. The van der Waals surface area contributed by atoms with Crippen molar-refractivity contribution in [3.63, 3.8) is 0 Å². The van der Waals surface area contributed by atoms with Gasteiger partial charge in [-0.1, -0.05) is 0 Å². The first kappa shape index (κ1) is 14.5. The number of nitrogens with zero attached hydrogens (tertiary/aromatic N) is 2. The summed E-state index contributed by atoms with van der Waals surface area (Å²) in [5, 5.41) is 5.91. The molecular weight excluding hydrogens is 320 g/mol. The first-order chi connectivity index (χ1) is 9.61. The molecule has 0 fully saturated rings. The van der Waals surface area contributed by atoms with E-state index in [1.165, 1.54) is 0 Å². The summed E-state index contributed by atoms with van der Waals surface area (Å²) in [6.07, 6.45) is 4.86. The molecule has 0 saturated carbocycles. The van der Waals surface area contributed by atoms with Crippen LogP contribution in [0.25, 0.3) is 0 Å². The van der Waals surface area contributed by atoms with Crippen LogP contribution in [-0.4, -0.2) is 22.4 Å². The number of aromatic nitrogens is 2. The molecule has 20 heavy (non-hydrogen) atoms. The Bertz CT molecular complexity index is 630. The number of hydrogen-bond donors (Lipinski definition) is 2. The van der Waals surface area contributed by atoms with Crippen molar-refractivity contribution in [2.24, 2.45) is 0 Å². The second-order valence-corrected chi connectivity index (χ2v) is 5.08. The summed E-state index contributed by atoms with van der Waals surface area (Å²) in [6.45, 7) is 4.65. The minimum absolute atomic E-state index is 0.233. The minimum Gasteiger partial charge on any atom is -0.385 e. The van der Waals surface area contributed by atoms with Gasteiger partial charge < -0.3 is 10.6 Å². The van der Waals surface area contributed by atoms with Gasteiger partial charge in [0.2, 0.25) is 0 Å². The Morgan fingerprint density at radius 1 is 1.40 bits per heavy atom. The van der Waals surface area contributed by atoms with Crippen LogP contribution in [-0.2, 0) is 0 Å². The van der Waals surface area contributed by atoms with E-state index in [9.17, 15) is 4.79 Å². The maximum atomic E-state index is 12.3. The Morgan fingerprint density at radius 3 is 2.90 bits per heavy atom. The SMILES string of the molecule is CCNc1ccncc1C(=O)Nc1cc(C)c(Br)cn1. The van der Waals surface area contributed by atoms with Crippen LogP contribution < -0.4 is 10.6 Å². The molecule has 2 heterocycles. The van der Waals surface area contributed by atoms with Crippen molar-refractivity contribution in [2.75, 3.05) is 17.2 Å². The van der Waals surface area contributed by atoms with Gasteiger partial charge in [-0.3, -0.25) is 9.78 Å². The van der Waals surface area contributed by atoms with Gasteiger partial charge in [0.25, 0.3) is 5.91 Å². The molecule has 2 N–H and O–H groups in total. The second-order valence-electron chi connectivity index (χ2n) is 4.22. The molecule has 0 aliphatic carbocycles. The largest absolute Gasteiger partial charge is 0.385 e. The van der Waals surface area contributed by atoms with Crippen molar-refractivity contribution in [3.8, 4) is 0 Å². The number of nitrogens with one attached hydrogen (secondary N) is 2. The highest BCUT2D eigenvalue weighted by Crippen LogP contribution is 2.19. The fourth-order valence-electron chi connectivity index (χ4n) is 1.71. The van der Waals surface area contributed by atoms with Crippen LogP contribution in [0.4, 0.5) is 11.5 Å². The number of carbonyl (C=O) groups is 1. The molecule has 0 atom stereocenters. The quantitative estimate of drug-likeness (QED) is 0.900. The van der Waals surface area contributed by atoms with Crippen LogP contribution in [0.15, 0.2) is 35.2 Å². The molecule has 0 spiro atoms. The maximum Gasteiger partial charge on any atom is 0.260 e. The number of pyridine rings is 2. The first-order valence-electron chi connectivity index (χ1n) is 6.23. The lowest BCUT2D eigenvalue weighted by Gasteiger charge is -2.10. The zero-order valence-electron chi connectivity index (χ0n) is 11.3. The average molecular weight is 335 g/mol. The highest BCUT2D eigenvalue weighted by atomic mass is 79.9. The van der Waals surface area contributed by atoms with Crippen LogP contribution in [0.3, 0.4) is 0 Å². The lowest BCUT2D eigenvalue weighted by molar-refractivity contribution is 0.102. The number of anilines is 2. The van der Waals surface area contributed by atoms with Crippen molar-refractivity contribution >= 4 is 33.3 Å². The smallest absolute Gasteiger partial charge is 0.260 e. The van der Waals surface area contributed by atoms with Crippen molar-refractivity contribution in [1.29, 1.82) is 0 Å². The van der Waals surface area contributed by atoms with E-state index in [1.807, 2.05) is 19.9 Å². The maximum absolute atomic E-state index is 12.3. The third kappa shape index (κ3) is 3.33. The monoisotopic (exact) mass is 334 g/mol. The number of carbonyl (C=O) groups excluding carboxylic acids is 1. The molecule has 6 heteroatoms. The predicted octanol–water partition coefficient (Wildman–Crippen LogP) is 3.23. The molecule has 0 aliphatic heterocycles. The van der Waals surface area contributed by atoms with Gasteiger partial charge in [0.15, 0.2) is 0 Å². The van der Waals surface area contributed by atoms with Gasteiger partial charge in [0, 0.05) is 29.6 Å². The van der Waals surface area contributed by atoms with E-state index in [0.717, 1.165) is 22.3 Å². The van der Waals surface area contributed by atoms with Gasteiger partial charge in [-0.15, -0.1) is 0 Å². The van der Waals surface area contributed by atoms with Gasteiger partial charge in [-0.2, -0.15) is 0 Å². The molecule has 0 unspecified atom stereocenters. The Labute approximate surface area is 126 Å². The van der Waals surface area contributed by atoms with Crippen molar-refractivity contribution in [3.05, 3.63) is 46.3 Å². The molecule has 0 bridgehead atoms. The van der Waals surface area contributed by atoms with Crippen LogP contribution >= 0.6 is 15.9 Å². The molecule has 1 amide bonds. The van der Waals surface area contributed by atoms with E-state index < -0.39 is 0 Å². The molecule has 0 aromatic carbocycles. The fourth-order valence-corrected chi connectivity index (χ4v) is 1.93. The summed E-state index contributed by atoms with van der Waals surface area (Å²) in [5.41, 5.74) is 2.26. The van der Waals surface area contributed by atoms with Gasteiger partial charge in [0.05, 0.1) is 11.3 Å². The zero-order chi connectivity index (χ0) is 14.5. The normalized spacial score (nSPS) is 10.2. The summed E-state index contributed by atoms with van der Waals surface area (Å²) >= 11 is 3.38. The molecule has 0 radical (unpaired) electrons. The van der Waals surface area contributed by atoms with E-state index in [4.69, 9.17) is 0 Å². The van der Waals surface area contributed by atoms with Crippen molar-refractivity contribution in [1.82, 2.24) is 9.97 Å². The molecule has 0 saturated heterocycles. The van der Waals surface area contributed by atoms with Crippen LogP contribution in [0.1, 0.15) is 22.8 Å². The van der Waals surface area contributed by atoms with E-state index in [1.54, 1.807) is 24.7 Å². The number of halogens is 1. The molecule has 5 nitrogen and oxygen atoms in total. The Balaban J connectivity index is 2.21. The lowest BCUT2D eigenvalue weighted by Crippen LogP contribution is -2.16. The third-order valence-corrected chi connectivity index (χ3v) is 3.55. The lowest BCUT2D eigenvalue weighted by atomic mass is 10.2. The fraction of sp³-hybridized carbons (Fsp3) is 0.214. The number of aryl methyl sites for hydroxylation is 1. The highest BCUT2D eigenvalue weighted by molar-refractivity contribution is 9.10. The summed E-state index contributed by atoms with van der Waals surface area (Å²) in [6, 6.07) is 3.59. The third-order valence-electron chi connectivity index (χ3n) is 2.72. The van der Waals surface area contributed by atoms with E-state index in [-0.39, 0.29) is 5.91 Å². The zero-order valence-corrected chi connectivity index (χ0v) is 12.9. The summed E-state index contributed by atoms with van der Waals surface area (Å²) in [5.74, 6) is 0.283. The van der Waals surface area contributed by atoms with Crippen LogP contribution in [0.5, 0.6) is 0 Å². The first-order valence-corrected chi connectivity index (χ1v) is 7.02. The Morgan fingerprint density at radius 2 is 2.20 bits per heavy atom. The molecule has 104 valence electrons. The summed E-state index contributed by atoms with van der Waals surface area (Å²) in [7, 11) is 0. The number of rotatable bonds is 4.